The summed E-state index contributed by atoms with van der Waals surface area (Å²) in [5.74, 6) is -1.26. The van der Waals surface area contributed by atoms with E-state index in [0.29, 0.717) is 18.7 Å². The van der Waals surface area contributed by atoms with Crippen LogP contribution in [0.4, 0.5) is 5.69 Å². The number of hydrogen-bond donors (Lipinski definition) is 3. The van der Waals surface area contributed by atoms with E-state index in [1.54, 1.807) is 24.3 Å². The van der Waals surface area contributed by atoms with Gasteiger partial charge in [0.1, 0.15) is 0 Å². The standard InChI is InChI=1S/C22H25N3O4S/c23-21(28)17-11-4-5-12-18(17)24-22(30)25-19(26)13-6-14-20(27)29-15-7-10-16-8-2-1-3-9-16/h1-5,8-9,11-12H,6-7,10,13-15H2,(H2,23,28)(H2,24,25,26,30). The summed E-state index contributed by atoms with van der Waals surface area (Å²) in [6.07, 6.45) is 2.23. The highest BCUT2D eigenvalue weighted by Crippen LogP contribution is 2.14. The number of amides is 2. The number of ether oxygens (including phenoxy) is 1. The molecule has 0 aliphatic heterocycles. The molecule has 0 atom stereocenters. The Morgan fingerprint density at radius 2 is 1.63 bits per heavy atom. The van der Waals surface area contributed by atoms with E-state index < -0.39 is 5.91 Å². The van der Waals surface area contributed by atoms with E-state index in [1.165, 1.54) is 5.56 Å². The smallest absolute Gasteiger partial charge is 0.305 e. The Morgan fingerprint density at radius 3 is 2.37 bits per heavy atom. The number of aryl methyl sites for hydroxylation is 1. The topological polar surface area (TPSA) is 111 Å². The molecule has 8 heteroatoms. The molecule has 0 aliphatic rings. The molecule has 30 heavy (non-hydrogen) atoms. The van der Waals surface area contributed by atoms with Crippen LogP contribution in [-0.4, -0.2) is 29.5 Å². The summed E-state index contributed by atoms with van der Waals surface area (Å²) in [5, 5.41) is 5.35. The molecular weight excluding hydrogens is 402 g/mol. The van der Waals surface area contributed by atoms with Crippen molar-refractivity contribution in [3.63, 3.8) is 0 Å². The predicted octanol–water partition coefficient (Wildman–Crippen LogP) is 2.94. The van der Waals surface area contributed by atoms with Gasteiger partial charge in [0.05, 0.1) is 17.9 Å². The van der Waals surface area contributed by atoms with E-state index in [9.17, 15) is 14.4 Å². The van der Waals surface area contributed by atoms with Gasteiger partial charge in [-0.25, -0.2) is 0 Å². The lowest BCUT2D eigenvalue weighted by molar-refractivity contribution is -0.143. The minimum atomic E-state index is -0.602. The van der Waals surface area contributed by atoms with Crippen molar-refractivity contribution >= 4 is 40.8 Å². The van der Waals surface area contributed by atoms with Crippen LogP contribution in [0.1, 0.15) is 41.6 Å². The molecule has 0 aromatic heterocycles. The Morgan fingerprint density at radius 1 is 0.933 bits per heavy atom. The molecule has 0 bridgehead atoms. The van der Waals surface area contributed by atoms with Crippen LogP contribution in [0, 0.1) is 0 Å². The van der Waals surface area contributed by atoms with Gasteiger partial charge in [-0.05, 0) is 49.2 Å². The van der Waals surface area contributed by atoms with Gasteiger partial charge < -0.3 is 21.1 Å². The highest BCUT2D eigenvalue weighted by atomic mass is 32.1. The van der Waals surface area contributed by atoms with E-state index in [-0.39, 0.29) is 35.4 Å². The van der Waals surface area contributed by atoms with E-state index >= 15 is 0 Å². The number of para-hydroxylation sites is 1. The Balaban J connectivity index is 1.60. The molecule has 2 aromatic carbocycles. The van der Waals surface area contributed by atoms with Crippen molar-refractivity contribution < 1.29 is 19.1 Å². The van der Waals surface area contributed by atoms with Gasteiger partial charge in [-0.2, -0.15) is 0 Å². The van der Waals surface area contributed by atoms with Crippen LogP contribution < -0.4 is 16.4 Å². The first-order valence-electron chi connectivity index (χ1n) is 9.65. The molecule has 0 saturated heterocycles. The van der Waals surface area contributed by atoms with Crippen molar-refractivity contribution in [2.24, 2.45) is 5.73 Å². The van der Waals surface area contributed by atoms with E-state index in [0.717, 1.165) is 12.8 Å². The van der Waals surface area contributed by atoms with E-state index in [4.69, 9.17) is 22.7 Å². The fourth-order valence-electron chi connectivity index (χ4n) is 2.72. The fourth-order valence-corrected chi connectivity index (χ4v) is 2.95. The van der Waals surface area contributed by atoms with Gasteiger partial charge >= 0.3 is 5.97 Å². The Labute approximate surface area is 181 Å². The van der Waals surface area contributed by atoms with Crippen LogP contribution in [0.5, 0.6) is 0 Å². The number of nitrogens with two attached hydrogens (primary N) is 1. The summed E-state index contributed by atoms with van der Waals surface area (Å²) >= 11 is 5.08. The second-order valence-corrected chi connectivity index (χ2v) is 6.98. The van der Waals surface area contributed by atoms with Gasteiger partial charge in [-0.1, -0.05) is 42.5 Å². The number of carbonyl (C=O) groups is 3. The zero-order valence-corrected chi connectivity index (χ0v) is 17.4. The Hall–Kier alpha value is -3.26. The van der Waals surface area contributed by atoms with Gasteiger partial charge in [-0.15, -0.1) is 0 Å². The second-order valence-electron chi connectivity index (χ2n) is 6.58. The molecule has 0 aliphatic carbocycles. The van der Waals surface area contributed by atoms with Crippen LogP contribution in [0.25, 0.3) is 0 Å². The lowest BCUT2D eigenvalue weighted by atomic mass is 10.1. The maximum atomic E-state index is 12.0. The van der Waals surface area contributed by atoms with Gasteiger partial charge in [0, 0.05) is 12.8 Å². The number of anilines is 1. The largest absolute Gasteiger partial charge is 0.466 e. The summed E-state index contributed by atoms with van der Waals surface area (Å²) in [7, 11) is 0. The van der Waals surface area contributed by atoms with Crippen LogP contribution in [0.2, 0.25) is 0 Å². The van der Waals surface area contributed by atoms with E-state index in [1.807, 2.05) is 30.3 Å². The zero-order valence-electron chi connectivity index (χ0n) is 16.6. The third kappa shape index (κ3) is 8.40. The number of esters is 1. The van der Waals surface area contributed by atoms with Gasteiger partial charge in [-0.3, -0.25) is 14.4 Å². The maximum Gasteiger partial charge on any atom is 0.305 e. The number of primary amides is 1. The molecule has 7 nitrogen and oxygen atoms in total. The fraction of sp³-hybridized carbons (Fsp3) is 0.273. The molecule has 0 saturated carbocycles. The lowest BCUT2D eigenvalue weighted by Gasteiger charge is -2.11. The minimum absolute atomic E-state index is 0.0530. The Bertz CT molecular complexity index is 887. The van der Waals surface area contributed by atoms with Crippen LogP contribution in [-0.2, 0) is 20.7 Å². The molecule has 0 heterocycles. The Kier molecular flexibility index (Phi) is 9.47. The third-order valence-electron chi connectivity index (χ3n) is 4.19. The van der Waals surface area contributed by atoms with Crippen LogP contribution in [0.15, 0.2) is 54.6 Å². The summed E-state index contributed by atoms with van der Waals surface area (Å²) in [6, 6.07) is 16.6. The molecule has 2 amide bonds. The monoisotopic (exact) mass is 427 g/mol. The number of benzene rings is 2. The summed E-state index contributed by atoms with van der Waals surface area (Å²) in [5.41, 5.74) is 7.19. The van der Waals surface area contributed by atoms with Crippen molar-refractivity contribution in [2.45, 2.75) is 32.1 Å². The molecule has 2 rings (SSSR count). The summed E-state index contributed by atoms with van der Waals surface area (Å²) in [6.45, 7) is 0.354. The van der Waals surface area contributed by atoms with Crippen LogP contribution in [0.3, 0.4) is 0 Å². The molecule has 0 spiro atoms. The van der Waals surface area contributed by atoms with Crippen molar-refractivity contribution in [3.8, 4) is 0 Å². The first-order valence-corrected chi connectivity index (χ1v) is 10.1. The second kappa shape index (κ2) is 12.3. The molecule has 4 N–H and O–H groups in total. The minimum Gasteiger partial charge on any atom is -0.466 e. The number of nitrogens with one attached hydrogen (secondary N) is 2. The molecule has 0 unspecified atom stereocenters. The number of rotatable bonds is 10. The summed E-state index contributed by atoms with van der Waals surface area (Å²) in [4.78, 5) is 35.1. The molecular formula is C22H25N3O4S. The first kappa shape index (κ1) is 23.0. The lowest BCUT2D eigenvalue weighted by Crippen LogP contribution is -2.34. The molecule has 0 radical (unpaired) electrons. The molecule has 158 valence electrons. The number of thiocarbonyl (C=S) groups is 1. The maximum absolute atomic E-state index is 12.0. The average molecular weight is 428 g/mol. The molecule has 0 fully saturated rings. The normalized spacial score (nSPS) is 10.1. The molecule has 2 aromatic rings. The van der Waals surface area contributed by atoms with Crippen LogP contribution >= 0.6 is 12.2 Å². The first-order chi connectivity index (χ1) is 14.5. The van der Waals surface area contributed by atoms with Gasteiger partial charge in [0.2, 0.25) is 5.91 Å². The van der Waals surface area contributed by atoms with Crippen molar-refractivity contribution in [1.29, 1.82) is 0 Å². The zero-order chi connectivity index (χ0) is 21.8. The van der Waals surface area contributed by atoms with Gasteiger partial charge in [0.15, 0.2) is 5.11 Å². The highest BCUT2D eigenvalue weighted by Gasteiger charge is 2.11. The quantitative estimate of drug-likeness (QED) is 0.305. The number of hydrogen-bond acceptors (Lipinski definition) is 5. The van der Waals surface area contributed by atoms with Gasteiger partial charge in [0.25, 0.3) is 5.91 Å². The number of carbonyl (C=O) groups excluding carboxylic acids is 3. The van der Waals surface area contributed by atoms with Crippen molar-refractivity contribution in [2.75, 3.05) is 11.9 Å². The van der Waals surface area contributed by atoms with Crippen molar-refractivity contribution in [3.05, 3.63) is 65.7 Å². The summed E-state index contributed by atoms with van der Waals surface area (Å²) < 4.78 is 5.19. The SMILES string of the molecule is NC(=O)c1ccccc1NC(=S)NC(=O)CCCC(=O)OCCCc1ccccc1. The van der Waals surface area contributed by atoms with E-state index in [2.05, 4.69) is 10.6 Å². The third-order valence-corrected chi connectivity index (χ3v) is 4.40. The average Bonchev–Trinajstić information content (AvgIpc) is 2.72. The van der Waals surface area contributed by atoms with Crippen molar-refractivity contribution in [1.82, 2.24) is 5.32 Å². The highest BCUT2D eigenvalue weighted by molar-refractivity contribution is 7.80. The predicted molar refractivity (Wildman–Crippen MR) is 119 cm³/mol.